The van der Waals surface area contributed by atoms with Crippen LogP contribution in [0.4, 0.5) is 11.4 Å². The molecule has 31 heavy (non-hydrogen) atoms. The monoisotopic (exact) mass is 403 g/mol. The number of aryl methyl sites for hydroxylation is 1. The smallest absolute Gasteiger partial charge is 0.120 e. The van der Waals surface area contributed by atoms with Gasteiger partial charge < -0.3 is 5.11 Å². The zero-order chi connectivity index (χ0) is 21.8. The Bertz CT molecular complexity index is 1320. The van der Waals surface area contributed by atoms with Crippen molar-refractivity contribution in [3.8, 4) is 34.1 Å². The lowest BCUT2D eigenvalue weighted by Crippen LogP contribution is -1.87. The first-order chi connectivity index (χ1) is 15.1. The summed E-state index contributed by atoms with van der Waals surface area (Å²) in [5, 5.41) is 28.7. The van der Waals surface area contributed by atoms with Crippen LogP contribution in [0.1, 0.15) is 16.7 Å². The Kier molecular flexibility index (Phi) is 5.59. The van der Waals surface area contributed by atoms with Gasteiger partial charge in [-0.3, -0.25) is 0 Å². The number of phenols is 1. The number of rotatable bonds is 4. The highest BCUT2D eigenvalue weighted by Gasteiger charge is 2.13. The van der Waals surface area contributed by atoms with Crippen LogP contribution in [0.5, 0.6) is 5.75 Å². The molecule has 1 N–H and O–H groups in total. The molecule has 0 bridgehead atoms. The quantitative estimate of drug-likeness (QED) is 0.356. The lowest BCUT2D eigenvalue weighted by Gasteiger charge is -2.11. The molecule has 0 aliphatic carbocycles. The summed E-state index contributed by atoms with van der Waals surface area (Å²) in [7, 11) is 0. The Labute approximate surface area is 181 Å². The van der Waals surface area contributed by atoms with Crippen LogP contribution in [0.15, 0.2) is 95.2 Å². The van der Waals surface area contributed by atoms with Crippen LogP contribution in [-0.2, 0) is 0 Å². The number of azo groups is 1. The third-order valence-electron chi connectivity index (χ3n) is 5.31. The Morgan fingerprint density at radius 1 is 0.742 bits per heavy atom. The van der Waals surface area contributed by atoms with Crippen LogP contribution in [0.3, 0.4) is 0 Å². The summed E-state index contributed by atoms with van der Waals surface area (Å²) in [6, 6.07) is 29.3. The van der Waals surface area contributed by atoms with Crippen molar-refractivity contribution in [2.75, 3.05) is 0 Å². The first kappa shape index (κ1) is 20.1. The standard InChI is InChI=1S/C27H21N3O/c1-18-16-21(12-13-22(18)17-28)24-14-15-26(31)19(2)27(24)30-29-25-11-7-6-10-23(25)20-8-4-3-5-9-20/h3-16,31H,1-2H3. The molecular formula is C27H21N3O. The fraction of sp³-hybridized carbons (Fsp3) is 0.0741. The maximum atomic E-state index is 10.3. The average Bonchev–Trinajstić information content (AvgIpc) is 2.80. The van der Waals surface area contributed by atoms with Crippen molar-refractivity contribution in [2.45, 2.75) is 13.8 Å². The third-order valence-corrected chi connectivity index (χ3v) is 5.31. The van der Waals surface area contributed by atoms with Gasteiger partial charge in [-0.2, -0.15) is 5.26 Å². The van der Waals surface area contributed by atoms with Crippen molar-refractivity contribution in [1.82, 2.24) is 0 Å². The van der Waals surface area contributed by atoms with Gasteiger partial charge in [0.1, 0.15) is 11.4 Å². The van der Waals surface area contributed by atoms with Crippen LogP contribution in [0, 0.1) is 25.2 Å². The van der Waals surface area contributed by atoms with Crippen LogP contribution < -0.4 is 0 Å². The maximum absolute atomic E-state index is 10.3. The summed E-state index contributed by atoms with van der Waals surface area (Å²) in [6.45, 7) is 3.74. The Morgan fingerprint density at radius 3 is 2.23 bits per heavy atom. The Hall–Kier alpha value is -4.23. The fourth-order valence-electron chi connectivity index (χ4n) is 3.53. The lowest BCUT2D eigenvalue weighted by molar-refractivity contribution is 0.471. The van der Waals surface area contributed by atoms with E-state index in [0.29, 0.717) is 16.8 Å². The first-order valence-electron chi connectivity index (χ1n) is 9.98. The van der Waals surface area contributed by atoms with E-state index in [2.05, 4.69) is 16.3 Å². The van der Waals surface area contributed by atoms with Gasteiger partial charge in [0.05, 0.1) is 17.3 Å². The summed E-state index contributed by atoms with van der Waals surface area (Å²) in [5.74, 6) is 0.166. The molecule has 0 saturated heterocycles. The SMILES string of the molecule is Cc1cc(-c2ccc(O)c(C)c2N=Nc2ccccc2-c2ccccc2)ccc1C#N. The summed E-state index contributed by atoms with van der Waals surface area (Å²) < 4.78 is 0. The van der Waals surface area contributed by atoms with E-state index >= 15 is 0 Å². The molecule has 0 aliphatic rings. The minimum absolute atomic E-state index is 0.166. The molecule has 4 nitrogen and oxygen atoms in total. The van der Waals surface area contributed by atoms with Gasteiger partial charge in [-0.25, -0.2) is 0 Å². The largest absolute Gasteiger partial charge is 0.508 e. The molecule has 4 aromatic carbocycles. The third kappa shape index (κ3) is 4.08. The summed E-state index contributed by atoms with van der Waals surface area (Å²) in [4.78, 5) is 0. The number of benzene rings is 4. The molecule has 0 saturated carbocycles. The van der Waals surface area contributed by atoms with Gasteiger partial charge in [-0.05, 0) is 54.8 Å². The van der Waals surface area contributed by atoms with E-state index in [1.165, 1.54) is 0 Å². The van der Waals surface area contributed by atoms with Crippen LogP contribution in [-0.4, -0.2) is 5.11 Å². The predicted molar refractivity (Wildman–Crippen MR) is 124 cm³/mol. The van der Waals surface area contributed by atoms with Gasteiger partial charge in [0, 0.05) is 16.7 Å². The lowest BCUT2D eigenvalue weighted by atomic mass is 9.97. The molecular weight excluding hydrogens is 382 g/mol. The zero-order valence-electron chi connectivity index (χ0n) is 17.4. The summed E-state index contributed by atoms with van der Waals surface area (Å²) in [5.41, 5.74) is 7.36. The van der Waals surface area contributed by atoms with E-state index in [0.717, 1.165) is 33.5 Å². The number of aromatic hydroxyl groups is 1. The summed E-state index contributed by atoms with van der Waals surface area (Å²) >= 11 is 0. The van der Waals surface area contributed by atoms with Gasteiger partial charge in [-0.1, -0.05) is 60.7 Å². The number of nitrogens with zero attached hydrogens (tertiary/aromatic N) is 3. The molecule has 4 heteroatoms. The van der Waals surface area contributed by atoms with E-state index in [9.17, 15) is 10.4 Å². The zero-order valence-corrected chi connectivity index (χ0v) is 17.4. The highest BCUT2D eigenvalue weighted by molar-refractivity contribution is 5.81. The topological polar surface area (TPSA) is 68.7 Å². The fourth-order valence-corrected chi connectivity index (χ4v) is 3.53. The first-order valence-corrected chi connectivity index (χ1v) is 9.98. The van der Waals surface area contributed by atoms with E-state index in [1.807, 2.05) is 86.6 Å². The van der Waals surface area contributed by atoms with Crippen molar-refractivity contribution in [2.24, 2.45) is 10.2 Å². The van der Waals surface area contributed by atoms with Crippen LogP contribution in [0.25, 0.3) is 22.3 Å². The molecule has 4 rings (SSSR count). The van der Waals surface area contributed by atoms with E-state index in [-0.39, 0.29) is 5.75 Å². The van der Waals surface area contributed by atoms with Crippen LogP contribution >= 0.6 is 0 Å². The second-order valence-electron chi connectivity index (χ2n) is 7.33. The molecule has 0 fully saturated rings. The van der Waals surface area contributed by atoms with Crippen molar-refractivity contribution >= 4 is 11.4 Å². The van der Waals surface area contributed by atoms with Gasteiger partial charge in [0.2, 0.25) is 0 Å². The predicted octanol–water partition coefficient (Wildman–Crippen LogP) is 7.63. The van der Waals surface area contributed by atoms with Crippen molar-refractivity contribution in [1.29, 1.82) is 5.26 Å². The highest BCUT2D eigenvalue weighted by atomic mass is 16.3. The Morgan fingerprint density at radius 2 is 1.48 bits per heavy atom. The van der Waals surface area contributed by atoms with Gasteiger partial charge in [0.15, 0.2) is 0 Å². The molecule has 0 atom stereocenters. The van der Waals surface area contributed by atoms with E-state index in [4.69, 9.17) is 0 Å². The number of nitriles is 1. The number of hydrogen-bond donors (Lipinski definition) is 1. The minimum Gasteiger partial charge on any atom is -0.508 e. The van der Waals surface area contributed by atoms with Crippen LogP contribution in [0.2, 0.25) is 0 Å². The molecule has 0 aliphatic heterocycles. The highest BCUT2D eigenvalue weighted by Crippen LogP contribution is 2.40. The van der Waals surface area contributed by atoms with Gasteiger partial charge in [0.25, 0.3) is 0 Å². The molecule has 0 aromatic heterocycles. The molecule has 150 valence electrons. The summed E-state index contributed by atoms with van der Waals surface area (Å²) in [6.07, 6.45) is 0. The van der Waals surface area contributed by atoms with Gasteiger partial charge >= 0.3 is 0 Å². The molecule has 0 amide bonds. The van der Waals surface area contributed by atoms with Crippen molar-refractivity contribution in [3.05, 3.63) is 102 Å². The second kappa shape index (κ2) is 8.64. The molecule has 4 aromatic rings. The molecule has 0 heterocycles. The number of phenolic OH excluding ortho intramolecular Hbond substituents is 1. The normalized spacial score (nSPS) is 10.9. The van der Waals surface area contributed by atoms with E-state index < -0.39 is 0 Å². The molecule has 0 spiro atoms. The van der Waals surface area contributed by atoms with E-state index in [1.54, 1.807) is 12.1 Å². The molecule has 0 radical (unpaired) electrons. The number of hydrogen-bond acceptors (Lipinski definition) is 4. The average molecular weight is 403 g/mol. The second-order valence-corrected chi connectivity index (χ2v) is 7.33. The van der Waals surface area contributed by atoms with Gasteiger partial charge in [-0.15, -0.1) is 10.2 Å². The maximum Gasteiger partial charge on any atom is 0.120 e. The molecule has 0 unspecified atom stereocenters. The Balaban J connectivity index is 1.82. The van der Waals surface area contributed by atoms with Crippen molar-refractivity contribution in [3.63, 3.8) is 0 Å². The van der Waals surface area contributed by atoms with Crippen molar-refractivity contribution < 1.29 is 5.11 Å². The minimum atomic E-state index is 0.166.